The van der Waals surface area contributed by atoms with Crippen LogP contribution in [0.5, 0.6) is 0 Å². The van der Waals surface area contributed by atoms with Crippen molar-refractivity contribution in [1.82, 2.24) is 4.98 Å². The number of fused-ring (bicyclic) bond motifs is 1. The summed E-state index contributed by atoms with van der Waals surface area (Å²) in [6.07, 6.45) is 0. The van der Waals surface area contributed by atoms with E-state index in [1.54, 1.807) is 4.90 Å². The van der Waals surface area contributed by atoms with Gasteiger partial charge >= 0.3 is 0 Å². The number of halogens is 1. The minimum atomic E-state index is -0.393. The Morgan fingerprint density at radius 1 is 1.24 bits per heavy atom. The molecule has 1 aromatic heterocycles. The highest BCUT2D eigenvalue weighted by Crippen LogP contribution is 2.22. The summed E-state index contributed by atoms with van der Waals surface area (Å²) in [6.45, 7) is 0.450. The highest BCUT2D eigenvalue weighted by atomic mass is 19.1. The third-order valence-electron chi connectivity index (χ3n) is 2.35. The molecule has 2 N–H and O–H groups in total. The standard InChI is InChI=1S/C11H13FN2O3/c12-8-1-2-9-10(7-8)17-11(13-9)14(3-5-15)4-6-16/h1-2,7,15-16H,3-6H2. The molecule has 5 nitrogen and oxygen atoms in total. The van der Waals surface area contributed by atoms with Crippen molar-refractivity contribution in [3.8, 4) is 0 Å². The van der Waals surface area contributed by atoms with Crippen molar-refractivity contribution in [3.63, 3.8) is 0 Å². The average molecular weight is 240 g/mol. The topological polar surface area (TPSA) is 69.7 Å². The number of anilines is 1. The fourth-order valence-electron chi connectivity index (χ4n) is 1.57. The second-order valence-electron chi connectivity index (χ2n) is 3.54. The molecular weight excluding hydrogens is 227 g/mol. The van der Waals surface area contributed by atoms with Crippen LogP contribution in [0.3, 0.4) is 0 Å². The minimum Gasteiger partial charge on any atom is -0.423 e. The molecule has 0 aliphatic carbocycles. The summed E-state index contributed by atoms with van der Waals surface area (Å²) in [5, 5.41) is 17.8. The smallest absolute Gasteiger partial charge is 0.298 e. The van der Waals surface area contributed by atoms with Gasteiger partial charge in [-0.25, -0.2) is 4.39 Å². The first kappa shape index (κ1) is 11.8. The number of hydrogen-bond donors (Lipinski definition) is 2. The molecule has 0 aliphatic rings. The van der Waals surface area contributed by atoms with E-state index in [0.29, 0.717) is 24.2 Å². The van der Waals surface area contributed by atoms with Crippen LogP contribution in [0.15, 0.2) is 22.6 Å². The summed E-state index contributed by atoms with van der Waals surface area (Å²) in [6, 6.07) is 4.35. The maximum atomic E-state index is 13.0. The van der Waals surface area contributed by atoms with E-state index in [0.717, 1.165) is 0 Å². The Morgan fingerprint density at radius 3 is 2.59 bits per heavy atom. The normalized spacial score (nSPS) is 11.0. The van der Waals surface area contributed by atoms with Crippen LogP contribution in [0.2, 0.25) is 0 Å². The van der Waals surface area contributed by atoms with Crippen molar-refractivity contribution < 1.29 is 19.0 Å². The van der Waals surface area contributed by atoms with Gasteiger partial charge in [-0.15, -0.1) is 0 Å². The fourth-order valence-corrected chi connectivity index (χ4v) is 1.57. The highest BCUT2D eigenvalue weighted by Gasteiger charge is 2.13. The van der Waals surface area contributed by atoms with Gasteiger partial charge in [0.1, 0.15) is 11.3 Å². The molecule has 0 amide bonds. The Hall–Kier alpha value is -1.66. The van der Waals surface area contributed by atoms with Crippen LogP contribution in [-0.2, 0) is 0 Å². The molecule has 0 saturated carbocycles. The Kier molecular flexibility index (Phi) is 3.55. The molecule has 0 atom stereocenters. The molecular formula is C11H13FN2O3. The molecule has 1 aromatic carbocycles. The zero-order chi connectivity index (χ0) is 12.3. The van der Waals surface area contributed by atoms with Crippen LogP contribution in [-0.4, -0.2) is 41.5 Å². The zero-order valence-corrected chi connectivity index (χ0v) is 9.14. The van der Waals surface area contributed by atoms with E-state index in [4.69, 9.17) is 14.6 Å². The largest absolute Gasteiger partial charge is 0.423 e. The van der Waals surface area contributed by atoms with Gasteiger partial charge in [0, 0.05) is 19.2 Å². The highest BCUT2D eigenvalue weighted by molar-refractivity contribution is 5.74. The van der Waals surface area contributed by atoms with Gasteiger partial charge < -0.3 is 19.5 Å². The Labute approximate surface area is 97.1 Å². The van der Waals surface area contributed by atoms with Crippen molar-refractivity contribution in [2.75, 3.05) is 31.2 Å². The van der Waals surface area contributed by atoms with Crippen molar-refractivity contribution in [2.45, 2.75) is 0 Å². The fraction of sp³-hybridized carbons (Fsp3) is 0.364. The van der Waals surface area contributed by atoms with Crippen molar-refractivity contribution in [1.29, 1.82) is 0 Å². The van der Waals surface area contributed by atoms with Gasteiger partial charge in [0.2, 0.25) is 0 Å². The van der Waals surface area contributed by atoms with Gasteiger partial charge in [0.15, 0.2) is 5.58 Å². The number of hydrogen-bond acceptors (Lipinski definition) is 5. The number of oxazole rings is 1. The van der Waals surface area contributed by atoms with E-state index in [9.17, 15) is 4.39 Å². The molecule has 6 heteroatoms. The van der Waals surface area contributed by atoms with Crippen molar-refractivity contribution in [2.24, 2.45) is 0 Å². The van der Waals surface area contributed by atoms with Crippen LogP contribution in [0.4, 0.5) is 10.4 Å². The lowest BCUT2D eigenvalue weighted by atomic mass is 10.3. The quantitative estimate of drug-likeness (QED) is 0.807. The van der Waals surface area contributed by atoms with Gasteiger partial charge in [-0.05, 0) is 12.1 Å². The molecule has 0 saturated heterocycles. The lowest BCUT2D eigenvalue weighted by molar-refractivity contribution is 0.277. The molecule has 0 radical (unpaired) electrons. The number of aromatic nitrogens is 1. The summed E-state index contributed by atoms with van der Waals surface area (Å²) in [7, 11) is 0. The molecule has 0 aliphatic heterocycles. The summed E-state index contributed by atoms with van der Waals surface area (Å²) in [5.74, 6) is -0.393. The van der Waals surface area contributed by atoms with E-state index in [1.165, 1.54) is 18.2 Å². The monoisotopic (exact) mass is 240 g/mol. The second kappa shape index (κ2) is 5.11. The summed E-state index contributed by atoms with van der Waals surface area (Å²) in [5.41, 5.74) is 0.892. The van der Waals surface area contributed by atoms with Crippen molar-refractivity contribution in [3.05, 3.63) is 24.0 Å². The number of aliphatic hydroxyl groups excluding tert-OH is 2. The van der Waals surface area contributed by atoms with Crippen LogP contribution in [0, 0.1) is 5.82 Å². The molecule has 0 fully saturated rings. The summed E-state index contributed by atoms with van der Waals surface area (Å²) >= 11 is 0. The molecule has 0 bridgehead atoms. The third-order valence-corrected chi connectivity index (χ3v) is 2.35. The molecule has 92 valence electrons. The predicted molar refractivity (Wildman–Crippen MR) is 60.4 cm³/mol. The van der Waals surface area contributed by atoms with E-state index in [-0.39, 0.29) is 19.2 Å². The molecule has 17 heavy (non-hydrogen) atoms. The predicted octanol–water partition coefficient (Wildman–Crippen LogP) is 0.758. The Bertz CT molecular complexity index is 494. The maximum absolute atomic E-state index is 13.0. The van der Waals surface area contributed by atoms with Crippen LogP contribution in [0.25, 0.3) is 11.1 Å². The molecule has 0 unspecified atom stereocenters. The first-order chi connectivity index (χ1) is 8.24. The lowest BCUT2D eigenvalue weighted by Crippen LogP contribution is -2.29. The first-order valence-electron chi connectivity index (χ1n) is 5.27. The van der Waals surface area contributed by atoms with E-state index >= 15 is 0 Å². The Balaban J connectivity index is 2.33. The van der Waals surface area contributed by atoms with Gasteiger partial charge in [-0.1, -0.05) is 0 Å². The van der Waals surface area contributed by atoms with E-state index in [1.807, 2.05) is 0 Å². The summed E-state index contributed by atoms with van der Waals surface area (Å²) in [4.78, 5) is 5.76. The van der Waals surface area contributed by atoms with Gasteiger partial charge in [-0.2, -0.15) is 4.98 Å². The van der Waals surface area contributed by atoms with Crippen LogP contribution >= 0.6 is 0 Å². The van der Waals surface area contributed by atoms with E-state index < -0.39 is 5.82 Å². The lowest BCUT2D eigenvalue weighted by Gasteiger charge is -2.17. The number of aliphatic hydroxyl groups is 2. The first-order valence-corrected chi connectivity index (χ1v) is 5.27. The van der Waals surface area contributed by atoms with E-state index in [2.05, 4.69) is 4.98 Å². The Morgan fingerprint density at radius 2 is 1.94 bits per heavy atom. The molecule has 2 rings (SSSR count). The maximum Gasteiger partial charge on any atom is 0.298 e. The van der Waals surface area contributed by atoms with Crippen molar-refractivity contribution >= 4 is 17.1 Å². The third kappa shape index (κ3) is 2.54. The second-order valence-corrected chi connectivity index (χ2v) is 3.54. The van der Waals surface area contributed by atoms with Crippen LogP contribution in [0.1, 0.15) is 0 Å². The number of nitrogens with zero attached hydrogens (tertiary/aromatic N) is 2. The molecule has 1 heterocycles. The van der Waals surface area contributed by atoms with Gasteiger partial charge in [0.05, 0.1) is 13.2 Å². The number of rotatable bonds is 5. The minimum absolute atomic E-state index is 0.0763. The SMILES string of the molecule is OCCN(CCO)c1nc2ccc(F)cc2o1. The van der Waals surface area contributed by atoms with Gasteiger partial charge in [0.25, 0.3) is 6.01 Å². The number of benzene rings is 1. The zero-order valence-electron chi connectivity index (χ0n) is 9.14. The average Bonchev–Trinajstić information content (AvgIpc) is 2.71. The van der Waals surface area contributed by atoms with Gasteiger partial charge in [-0.3, -0.25) is 0 Å². The molecule has 0 spiro atoms. The van der Waals surface area contributed by atoms with Crippen LogP contribution < -0.4 is 4.90 Å². The summed E-state index contributed by atoms with van der Waals surface area (Å²) < 4.78 is 18.3. The molecule has 2 aromatic rings.